The quantitative estimate of drug-likeness (QED) is 0.924. The number of carboxylic acids is 1. The molecule has 0 spiro atoms. The van der Waals surface area contributed by atoms with Crippen LogP contribution in [0.2, 0.25) is 0 Å². The Kier molecular flexibility index (Phi) is 3.90. The van der Waals surface area contributed by atoms with E-state index in [9.17, 15) is 9.18 Å². The molecule has 1 N–H and O–H groups in total. The van der Waals surface area contributed by atoms with Gasteiger partial charge in [-0.2, -0.15) is 0 Å². The second-order valence-corrected chi connectivity index (χ2v) is 5.54. The molecule has 0 aliphatic heterocycles. The van der Waals surface area contributed by atoms with E-state index in [4.69, 9.17) is 5.11 Å². The lowest BCUT2D eigenvalue weighted by Gasteiger charge is -2.31. The molecule has 1 aromatic carbocycles. The van der Waals surface area contributed by atoms with Crippen molar-refractivity contribution < 1.29 is 14.3 Å². The van der Waals surface area contributed by atoms with Crippen molar-refractivity contribution in [3.8, 4) is 0 Å². The minimum atomic E-state index is -1.13. The number of nitrogens with zero attached hydrogens (tertiary/aromatic N) is 1. The number of hydrogen-bond donors (Lipinski definition) is 1. The number of aromatic carboxylic acids is 1. The van der Waals surface area contributed by atoms with E-state index in [1.807, 2.05) is 11.9 Å². The van der Waals surface area contributed by atoms with E-state index >= 15 is 0 Å². The summed E-state index contributed by atoms with van der Waals surface area (Å²) in [5, 5.41) is 8.90. The van der Waals surface area contributed by atoms with Gasteiger partial charge in [-0.3, -0.25) is 0 Å². The van der Waals surface area contributed by atoms with Crippen LogP contribution < -0.4 is 4.90 Å². The van der Waals surface area contributed by atoms with Crippen molar-refractivity contribution in [1.29, 1.82) is 0 Å². The standard InChI is InChI=1S/C13H15BrFNO2/c1-16(7-8-3-2-4-8)10-6-5-9(13(17)18)11(14)12(10)15/h5-6,8H,2-4,7H2,1H3,(H,17,18). The van der Waals surface area contributed by atoms with Gasteiger partial charge in [-0.25, -0.2) is 9.18 Å². The Morgan fingerprint density at radius 3 is 2.72 bits per heavy atom. The Bertz CT molecular complexity index is 474. The first-order chi connectivity index (χ1) is 8.50. The van der Waals surface area contributed by atoms with E-state index in [2.05, 4.69) is 15.9 Å². The topological polar surface area (TPSA) is 40.5 Å². The number of carboxylic acid groups (broad SMARTS) is 1. The third-order valence-corrected chi connectivity index (χ3v) is 4.24. The van der Waals surface area contributed by atoms with E-state index in [-0.39, 0.29) is 10.0 Å². The summed E-state index contributed by atoms with van der Waals surface area (Å²) >= 11 is 3.01. The Morgan fingerprint density at radius 2 is 2.22 bits per heavy atom. The summed E-state index contributed by atoms with van der Waals surface area (Å²) in [6, 6.07) is 2.96. The second kappa shape index (κ2) is 5.26. The first-order valence-corrected chi connectivity index (χ1v) is 6.72. The Hall–Kier alpha value is -1.10. The molecule has 98 valence electrons. The van der Waals surface area contributed by atoms with Crippen molar-refractivity contribution >= 4 is 27.6 Å². The molecule has 0 heterocycles. The number of anilines is 1. The molecule has 3 nitrogen and oxygen atoms in total. The lowest BCUT2D eigenvalue weighted by molar-refractivity contribution is 0.0695. The highest BCUT2D eigenvalue weighted by Crippen LogP contribution is 2.32. The highest BCUT2D eigenvalue weighted by molar-refractivity contribution is 9.10. The number of halogens is 2. The predicted molar refractivity (Wildman–Crippen MR) is 71.7 cm³/mol. The van der Waals surface area contributed by atoms with Crippen LogP contribution in [0.5, 0.6) is 0 Å². The summed E-state index contributed by atoms with van der Waals surface area (Å²) in [4.78, 5) is 12.7. The molecule has 0 amide bonds. The van der Waals surface area contributed by atoms with Crippen LogP contribution in [0, 0.1) is 11.7 Å². The molecule has 1 saturated carbocycles. The molecule has 0 saturated heterocycles. The van der Waals surface area contributed by atoms with Crippen molar-refractivity contribution in [2.45, 2.75) is 19.3 Å². The molecule has 18 heavy (non-hydrogen) atoms. The molecule has 5 heteroatoms. The van der Waals surface area contributed by atoms with Crippen molar-refractivity contribution in [3.63, 3.8) is 0 Å². The summed E-state index contributed by atoms with van der Waals surface area (Å²) in [5.41, 5.74) is 0.395. The zero-order valence-corrected chi connectivity index (χ0v) is 11.7. The first-order valence-electron chi connectivity index (χ1n) is 5.93. The summed E-state index contributed by atoms with van der Waals surface area (Å²) in [6.45, 7) is 0.815. The maximum absolute atomic E-state index is 14.1. The van der Waals surface area contributed by atoms with E-state index in [0.717, 1.165) is 6.54 Å². The SMILES string of the molecule is CN(CC1CCC1)c1ccc(C(=O)O)c(Br)c1F. The third-order valence-electron chi connectivity index (χ3n) is 3.46. The van der Waals surface area contributed by atoms with Gasteiger partial charge in [-0.15, -0.1) is 0 Å². The number of carbonyl (C=O) groups is 1. The van der Waals surface area contributed by atoms with Gasteiger partial charge in [0.25, 0.3) is 0 Å². The van der Waals surface area contributed by atoms with Gasteiger partial charge in [0.1, 0.15) is 0 Å². The van der Waals surface area contributed by atoms with Gasteiger partial charge in [-0.1, -0.05) is 6.42 Å². The van der Waals surface area contributed by atoms with Gasteiger partial charge < -0.3 is 10.0 Å². The first kappa shape index (κ1) is 13.3. The molecule has 1 aliphatic carbocycles. The molecular formula is C13H15BrFNO2. The second-order valence-electron chi connectivity index (χ2n) is 4.74. The highest BCUT2D eigenvalue weighted by Gasteiger charge is 2.22. The molecule has 1 aliphatic rings. The summed E-state index contributed by atoms with van der Waals surface area (Å²) in [7, 11) is 1.84. The minimum absolute atomic E-state index is 0.0213. The van der Waals surface area contributed by atoms with E-state index < -0.39 is 11.8 Å². The lowest BCUT2D eigenvalue weighted by atomic mass is 9.85. The van der Waals surface area contributed by atoms with Crippen LogP contribution in [0.25, 0.3) is 0 Å². The maximum atomic E-state index is 14.1. The van der Waals surface area contributed by atoms with Crippen LogP contribution >= 0.6 is 15.9 Å². The summed E-state index contributed by atoms with van der Waals surface area (Å²) in [5.74, 6) is -1.00. The van der Waals surface area contributed by atoms with Crippen molar-refractivity contribution in [3.05, 3.63) is 28.0 Å². The molecule has 0 aromatic heterocycles. The van der Waals surface area contributed by atoms with Crippen molar-refractivity contribution in [2.75, 3.05) is 18.5 Å². The Labute approximate surface area is 114 Å². The fraction of sp³-hybridized carbons (Fsp3) is 0.462. The number of benzene rings is 1. The predicted octanol–water partition coefficient (Wildman–Crippen LogP) is 3.52. The molecule has 1 aromatic rings. The maximum Gasteiger partial charge on any atom is 0.336 e. The van der Waals surface area contributed by atoms with Gasteiger partial charge in [0.05, 0.1) is 15.7 Å². The van der Waals surface area contributed by atoms with Crippen LogP contribution in [-0.2, 0) is 0 Å². The van der Waals surface area contributed by atoms with Crippen molar-refractivity contribution in [1.82, 2.24) is 0 Å². The van der Waals surface area contributed by atoms with Crippen LogP contribution in [0.4, 0.5) is 10.1 Å². The normalized spacial score (nSPS) is 15.3. The molecule has 0 unspecified atom stereocenters. The van der Waals surface area contributed by atoms with E-state index in [1.165, 1.54) is 31.4 Å². The molecule has 0 atom stereocenters. The van der Waals surface area contributed by atoms with Gasteiger partial charge in [0, 0.05) is 13.6 Å². The molecule has 0 radical (unpaired) electrons. The largest absolute Gasteiger partial charge is 0.478 e. The van der Waals surface area contributed by atoms with Gasteiger partial charge in [0.15, 0.2) is 5.82 Å². The van der Waals surface area contributed by atoms with Gasteiger partial charge in [0.2, 0.25) is 0 Å². The zero-order chi connectivity index (χ0) is 13.3. The summed E-state index contributed by atoms with van der Waals surface area (Å²) in [6.07, 6.45) is 3.64. The fourth-order valence-electron chi connectivity index (χ4n) is 2.16. The van der Waals surface area contributed by atoms with Crippen LogP contribution in [0.15, 0.2) is 16.6 Å². The Balaban J connectivity index is 2.22. The monoisotopic (exact) mass is 315 g/mol. The fourth-order valence-corrected chi connectivity index (χ4v) is 2.67. The van der Waals surface area contributed by atoms with Crippen LogP contribution in [0.3, 0.4) is 0 Å². The smallest absolute Gasteiger partial charge is 0.336 e. The van der Waals surface area contributed by atoms with Crippen molar-refractivity contribution in [2.24, 2.45) is 5.92 Å². The lowest BCUT2D eigenvalue weighted by Crippen LogP contribution is -2.30. The number of rotatable bonds is 4. The summed E-state index contributed by atoms with van der Waals surface area (Å²) < 4.78 is 14.1. The van der Waals surface area contributed by atoms with Gasteiger partial charge in [-0.05, 0) is 46.8 Å². The van der Waals surface area contributed by atoms with Gasteiger partial charge >= 0.3 is 5.97 Å². The Morgan fingerprint density at radius 1 is 1.56 bits per heavy atom. The molecular weight excluding hydrogens is 301 g/mol. The molecule has 0 bridgehead atoms. The third kappa shape index (κ3) is 2.51. The average molecular weight is 316 g/mol. The average Bonchev–Trinajstić information content (AvgIpc) is 2.26. The minimum Gasteiger partial charge on any atom is -0.478 e. The highest BCUT2D eigenvalue weighted by atomic mass is 79.9. The van der Waals surface area contributed by atoms with E-state index in [1.54, 1.807) is 0 Å². The zero-order valence-electron chi connectivity index (χ0n) is 10.1. The van der Waals surface area contributed by atoms with E-state index in [0.29, 0.717) is 11.6 Å². The van der Waals surface area contributed by atoms with Crippen LogP contribution in [-0.4, -0.2) is 24.7 Å². The van der Waals surface area contributed by atoms with Crippen LogP contribution in [0.1, 0.15) is 29.6 Å². The molecule has 1 fully saturated rings. The number of hydrogen-bond acceptors (Lipinski definition) is 2. The molecule has 2 rings (SSSR count).